The zero-order chi connectivity index (χ0) is 14.5. The molecule has 0 saturated heterocycles. The van der Waals surface area contributed by atoms with E-state index in [4.69, 9.17) is 0 Å². The first kappa shape index (κ1) is 19.2. The molecule has 0 aliphatic rings. The van der Waals surface area contributed by atoms with Crippen LogP contribution >= 0.6 is 37.0 Å². The van der Waals surface area contributed by atoms with Gasteiger partial charge in [-0.05, 0) is 43.4 Å². The van der Waals surface area contributed by atoms with E-state index in [0.717, 1.165) is 43.6 Å². The minimum atomic E-state index is -0.428. The van der Waals surface area contributed by atoms with E-state index in [9.17, 15) is 9.59 Å². The molecule has 0 bridgehead atoms. The van der Waals surface area contributed by atoms with E-state index in [2.05, 4.69) is 36.8 Å². The van der Waals surface area contributed by atoms with Crippen molar-refractivity contribution in [3.8, 4) is 0 Å². The van der Waals surface area contributed by atoms with Crippen LogP contribution in [-0.4, -0.2) is 34.8 Å². The molecule has 0 radical (unpaired) electrons. The van der Waals surface area contributed by atoms with Crippen LogP contribution in [0.1, 0.15) is 44.9 Å². The molecule has 1 atom stereocenters. The Hall–Kier alpha value is 0.190. The average molecular weight is 324 g/mol. The minimum Gasteiger partial charge on any atom is -0.345 e. The molecule has 0 aromatic rings. The smallest absolute Gasteiger partial charge is 0.220 e. The molecule has 0 fully saturated rings. The molecule has 1 N–H and O–H groups in total. The zero-order valence-corrected chi connectivity index (χ0v) is 14.2. The van der Waals surface area contributed by atoms with Crippen LogP contribution in [0.2, 0.25) is 0 Å². The molecule has 0 saturated carbocycles. The van der Waals surface area contributed by atoms with Gasteiger partial charge in [-0.15, -0.1) is 12.6 Å². The quantitative estimate of drug-likeness (QED) is 0.382. The second-order valence-corrected chi connectivity index (χ2v) is 6.35. The van der Waals surface area contributed by atoms with Gasteiger partial charge in [0.1, 0.15) is 0 Å². The van der Waals surface area contributed by atoms with Crippen molar-refractivity contribution in [2.75, 3.05) is 17.8 Å². The van der Waals surface area contributed by atoms with Gasteiger partial charge in [-0.1, -0.05) is 12.8 Å². The summed E-state index contributed by atoms with van der Waals surface area (Å²) in [5, 5.41) is 2.54. The van der Waals surface area contributed by atoms with Crippen LogP contribution in [-0.2, 0) is 9.59 Å². The summed E-state index contributed by atoms with van der Waals surface area (Å²) in [6.07, 6.45) is 8.13. The third-order valence-electron chi connectivity index (χ3n) is 2.79. The lowest BCUT2D eigenvalue weighted by molar-refractivity contribution is -0.124. The molecule has 0 aromatic carbocycles. The predicted molar refractivity (Wildman–Crippen MR) is 90.5 cm³/mol. The van der Waals surface area contributed by atoms with Crippen molar-refractivity contribution >= 4 is 48.0 Å². The van der Waals surface area contributed by atoms with Gasteiger partial charge in [0, 0.05) is 6.42 Å². The molecule has 0 aliphatic carbocycles. The van der Waals surface area contributed by atoms with E-state index in [1.807, 2.05) is 0 Å². The third-order valence-corrected chi connectivity index (χ3v) is 4.11. The Bertz CT molecular complexity index is 262. The first-order chi connectivity index (χ1) is 9.11. The zero-order valence-electron chi connectivity index (χ0n) is 11.6. The van der Waals surface area contributed by atoms with Crippen molar-refractivity contribution in [3.63, 3.8) is 0 Å². The van der Waals surface area contributed by atoms with Gasteiger partial charge in [0.2, 0.25) is 11.0 Å². The van der Waals surface area contributed by atoms with Crippen LogP contribution in [0.4, 0.5) is 0 Å². The van der Waals surface area contributed by atoms with E-state index in [1.54, 1.807) is 11.8 Å². The SMILES string of the molecule is CSCCCCC(NC(=O)CCCCCS)C(=O)S. The predicted octanol–water partition coefficient (Wildman–Crippen LogP) is 2.95. The largest absolute Gasteiger partial charge is 0.345 e. The van der Waals surface area contributed by atoms with Crippen molar-refractivity contribution in [2.45, 2.75) is 51.0 Å². The maximum Gasteiger partial charge on any atom is 0.220 e. The summed E-state index contributed by atoms with van der Waals surface area (Å²) in [5.74, 6) is 1.90. The Morgan fingerprint density at radius 1 is 1.16 bits per heavy atom. The van der Waals surface area contributed by atoms with Crippen molar-refractivity contribution in [3.05, 3.63) is 0 Å². The number of hydrogen-bond acceptors (Lipinski definition) is 4. The molecular formula is C13H25NO2S3. The van der Waals surface area contributed by atoms with Crippen molar-refractivity contribution in [2.24, 2.45) is 0 Å². The van der Waals surface area contributed by atoms with Gasteiger partial charge in [0.05, 0.1) is 6.04 Å². The van der Waals surface area contributed by atoms with Gasteiger partial charge in [0.15, 0.2) is 0 Å². The number of hydrogen-bond donors (Lipinski definition) is 3. The molecule has 6 heteroatoms. The summed E-state index contributed by atoms with van der Waals surface area (Å²) in [5.41, 5.74) is 0. The Morgan fingerprint density at radius 3 is 2.47 bits per heavy atom. The Kier molecular flexibility index (Phi) is 13.3. The standard InChI is InChI=1S/C13H25NO2S3/c1-19-10-6-4-7-11(13(16)18)14-12(15)8-3-2-5-9-17/h11,17H,2-10H2,1H3,(H,14,15)(H,16,18). The van der Waals surface area contributed by atoms with Gasteiger partial charge < -0.3 is 5.32 Å². The third kappa shape index (κ3) is 11.7. The van der Waals surface area contributed by atoms with Gasteiger partial charge in [-0.3, -0.25) is 9.59 Å². The molecule has 0 spiro atoms. The minimum absolute atomic E-state index is 0.0450. The van der Waals surface area contributed by atoms with Gasteiger partial charge in [-0.2, -0.15) is 24.4 Å². The van der Waals surface area contributed by atoms with Gasteiger partial charge in [0.25, 0.3) is 0 Å². The number of thiol groups is 2. The average Bonchev–Trinajstić information content (AvgIpc) is 2.38. The highest BCUT2D eigenvalue weighted by Gasteiger charge is 2.16. The fraction of sp³-hybridized carbons (Fsp3) is 0.846. The summed E-state index contributed by atoms with van der Waals surface area (Å²) in [4.78, 5) is 23.0. The molecule has 1 amide bonds. The fourth-order valence-electron chi connectivity index (χ4n) is 1.69. The first-order valence-corrected chi connectivity index (χ1v) is 9.21. The topological polar surface area (TPSA) is 46.2 Å². The lowest BCUT2D eigenvalue weighted by Gasteiger charge is -2.15. The highest BCUT2D eigenvalue weighted by atomic mass is 32.2. The van der Waals surface area contributed by atoms with Crippen molar-refractivity contribution in [1.29, 1.82) is 0 Å². The second-order valence-electron chi connectivity index (χ2n) is 4.48. The van der Waals surface area contributed by atoms with E-state index in [-0.39, 0.29) is 11.0 Å². The van der Waals surface area contributed by atoms with Crippen LogP contribution in [0.25, 0.3) is 0 Å². The number of unbranched alkanes of at least 4 members (excludes halogenated alkanes) is 3. The molecule has 19 heavy (non-hydrogen) atoms. The van der Waals surface area contributed by atoms with E-state index in [1.165, 1.54) is 0 Å². The number of carbonyl (C=O) groups excluding carboxylic acids is 2. The fourth-order valence-corrected chi connectivity index (χ4v) is 2.60. The molecule has 112 valence electrons. The van der Waals surface area contributed by atoms with E-state index in [0.29, 0.717) is 12.8 Å². The number of rotatable bonds is 12. The summed E-state index contributed by atoms with van der Waals surface area (Å²) in [6.45, 7) is 0. The second kappa shape index (κ2) is 13.2. The maximum atomic E-state index is 11.7. The molecule has 3 nitrogen and oxygen atoms in total. The van der Waals surface area contributed by atoms with Gasteiger partial charge in [-0.25, -0.2) is 0 Å². The summed E-state index contributed by atoms with van der Waals surface area (Å²) in [7, 11) is 0. The number of nitrogens with one attached hydrogen (secondary N) is 1. The lowest BCUT2D eigenvalue weighted by Crippen LogP contribution is -2.38. The van der Waals surface area contributed by atoms with Crippen LogP contribution in [0.5, 0.6) is 0 Å². The van der Waals surface area contributed by atoms with Crippen LogP contribution in [0.3, 0.4) is 0 Å². The maximum absolute atomic E-state index is 11.7. The molecule has 0 aromatic heterocycles. The van der Waals surface area contributed by atoms with Crippen molar-refractivity contribution in [1.82, 2.24) is 5.32 Å². The van der Waals surface area contributed by atoms with Crippen molar-refractivity contribution < 1.29 is 9.59 Å². The highest BCUT2D eigenvalue weighted by molar-refractivity contribution is 7.98. The van der Waals surface area contributed by atoms with E-state index < -0.39 is 6.04 Å². The highest BCUT2D eigenvalue weighted by Crippen LogP contribution is 2.08. The summed E-state index contributed by atoms with van der Waals surface area (Å²) >= 11 is 9.77. The monoisotopic (exact) mass is 323 g/mol. The molecule has 0 aliphatic heterocycles. The number of carbonyl (C=O) groups is 2. The first-order valence-electron chi connectivity index (χ1n) is 6.73. The van der Waals surface area contributed by atoms with Gasteiger partial charge >= 0.3 is 0 Å². The summed E-state index contributed by atoms with van der Waals surface area (Å²) in [6, 6.07) is -0.428. The number of thioether (sulfide) groups is 1. The van der Waals surface area contributed by atoms with Crippen LogP contribution in [0, 0.1) is 0 Å². The Morgan fingerprint density at radius 2 is 1.89 bits per heavy atom. The summed E-state index contributed by atoms with van der Waals surface area (Å²) < 4.78 is 0. The van der Waals surface area contributed by atoms with E-state index >= 15 is 0 Å². The molecule has 0 heterocycles. The molecule has 0 rings (SSSR count). The lowest BCUT2D eigenvalue weighted by atomic mass is 10.1. The van der Waals surface area contributed by atoms with Crippen LogP contribution < -0.4 is 5.32 Å². The Balaban J connectivity index is 3.85. The van der Waals surface area contributed by atoms with Crippen LogP contribution in [0.15, 0.2) is 0 Å². The Labute approximate surface area is 131 Å². The molecule has 1 unspecified atom stereocenters. The normalized spacial score (nSPS) is 12.2. The molecular weight excluding hydrogens is 298 g/mol. The number of amides is 1.